The first-order valence-corrected chi connectivity index (χ1v) is 22.4. The van der Waals surface area contributed by atoms with Gasteiger partial charge in [-0.3, -0.25) is 0 Å². The van der Waals surface area contributed by atoms with Crippen molar-refractivity contribution < 1.29 is 0 Å². The molecule has 294 valence electrons. The van der Waals surface area contributed by atoms with Gasteiger partial charge in [-0.25, -0.2) is 0 Å². The van der Waals surface area contributed by atoms with Crippen molar-refractivity contribution in [2.75, 3.05) is 4.90 Å². The topological polar surface area (TPSA) is 8.17 Å². The van der Waals surface area contributed by atoms with E-state index in [1.165, 1.54) is 91.0 Å². The van der Waals surface area contributed by atoms with Gasteiger partial charge < -0.3 is 9.47 Å². The Hall–Kier alpha value is -7.98. The van der Waals surface area contributed by atoms with Crippen LogP contribution in [-0.4, -0.2) is 4.57 Å². The highest BCUT2D eigenvalue weighted by Crippen LogP contribution is 2.45. The molecule has 0 aliphatic heterocycles. The van der Waals surface area contributed by atoms with E-state index in [0.29, 0.717) is 0 Å². The second-order valence-corrected chi connectivity index (χ2v) is 17.5. The van der Waals surface area contributed by atoms with E-state index >= 15 is 0 Å². The number of hydrogen-bond acceptors (Lipinski definition) is 2. The van der Waals surface area contributed by atoms with Gasteiger partial charge in [-0.2, -0.15) is 0 Å². The molecule has 2 nitrogen and oxygen atoms in total. The molecule has 0 saturated carbocycles. The molecular weight excluding hydrogens is 781 g/mol. The predicted octanol–water partition coefficient (Wildman–Crippen LogP) is 17.4. The van der Waals surface area contributed by atoms with Crippen molar-refractivity contribution in [1.82, 2.24) is 4.57 Å². The van der Waals surface area contributed by atoms with Crippen molar-refractivity contribution in [3.63, 3.8) is 0 Å². The molecule has 13 rings (SSSR count). The minimum absolute atomic E-state index is 1.10. The average Bonchev–Trinajstić information content (AvgIpc) is 3.89. The fourth-order valence-corrected chi connectivity index (χ4v) is 11.2. The maximum Gasteiger partial charge on any atom is 0.0547 e. The van der Waals surface area contributed by atoms with Crippen molar-refractivity contribution in [1.29, 1.82) is 0 Å². The molecule has 0 bridgehead atoms. The summed E-state index contributed by atoms with van der Waals surface area (Å²) in [7, 11) is 0. The van der Waals surface area contributed by atoms with Gasteiger partial charge in [0, 0.05) is 53.3 Å². The smallest absolute Gasteiger partial charge is 0.0547 e. The lowest BCUT2D eigenvalue weighted by molar-refractivity contribution is 1.18. The van der Waals surface area contributed by atoms with Crippen LogP contribution in [0.2, 0.25) is 0 Å². The number of nitrogens with zero attached hydrogens (tertiary/aromatic N) is 2. The number of aromatic nitrogens is 1. The molecule has 3 heteroatoms. The van der Waals surface area contributed by atoms with Crippen LogP contribution < -0.4 is 4.90 Å². The molecular formula is C60H38N2S. The maximum absolute atomic E-state index is 2.45. The highest BCUT2D eigenvalue weighted by molar-refractivity contribution is 7.25. The summed E-state index contributed by atoms with van der Waals surface area (Å²) in [6.07, 6.45) is 0. The highest BCUT2D eigenvalue weighted by atomic mass is 32.1. The lowest BCUT2D eigenvalue weighted by Gasteiger charge is -2.28. The third-order valence-corrected chi connectivity index (χ3v) is 14.1. The Kier molecular flexibility index (Phi) is 8.12. The van der Waals surface area contributed by atoms with Crippen LogP contribution in [0.4, 0.5) is 17.1 Å². The molecule has 11 aromatic carbocycles. The first-order chi connectivity index (χ1) is 31.2. The van der Waals surface area contributed by atoms with E-state index in [0.717, 1.165) is 28.3 Å². The zero-order valence-corrected chi connectivity index (χ0v) is 35.1. The van der Waals surface area contributed by atoms with Crippen molar-refractivity contribution in [3.05, 3.63) is 231 Å². The maximum atomic E-state index is 2.45. The number of fused-ring (bicyclic) bond motifs is 10. The van der Waals surface area contributed by atoms with Crippen LogP contribution in [0, 0.1) is 0 Å². The van der Waals surface area contributed by atoms with Gasteiger partial charge in [-0.05, 0) is 110 Å². The summed E-state index contributed by atoms with van der Waals surface area (Å²) in [5.74, 6) is 0. The van der Waals surface area contributed by atoms with Crippen LogP contribution in [0.15, 0.2) is 231 Å². The number of rotatable bonds is 6. The Labute approximate surface area is 368 Å². The molecule has 0 aliphatic carbocycles. The van der Waals surface area contributed by atoms with Crippen LogP contribution in [-0.2, 0) is 0 Å². The summed E-state index contributed by atoms with van der Waals surface area (Å²) < 4.78 is 5.09. The fraction of sp³-hybridized carbons (Fsp3) is 0. The molecule has 0 aliphatic rings. The number of anilines is 3. The van der Waals surface area contributed by atoms with Gasteiger partial charge >= 0.3 is 0 Å². The lowest BCUT2D eigenvalue weighted by atomic mass is 9.97. The normalized spacial score (nSPS) is 11.8. The molecule has 0 amide bonds. The Balaban J connectivity index is 0.973. The van der Waals surface area contributed by atoms with E-state index in [4.69, 9.17) is 0 Å². The molecule has 0 spiro atoms. The molecule has 63 heavy (non-hydrogen) atoms. The average molecular weight is 819 g/mol. The molecule has 0 saturated heterocycles. The highest BCUT2D eigenvalue weighted by Gasteiger charge is 2.20. The van der Waals surface area contributed by atoms with Crippen LogP contribution in [0.1, 0.15) is 0 Å². The first kappa shape index (κ1) is 35.7. The molecule has 0 unspecified atom stereocenters. The quantitative estimate of drug-likeness (QED) is 0.152. The van der Waals surface area contributed by atoms with Gasteiger partial charge in [0.05, 0.1) is 22.4 Å². The summed E-state index contributed by atoms with van der Waals surface area (Å²) in [6.45, 7) is 0. The van der Waals surface area contributed by atoms with E-state index in [2.05, 4.69) is 240 Å². The zero-order chi connectivity index (χ0) is 41.4. The number of hydrogen-bond donors (Lipinski definition) is 0. The zero-order valence-electron chi connectivity index (χ0n) is 34.2. The van der Waals surface area contributed by atoms with E-state index in [9.17, 15) is 0 Å². The summed E-state index contributed by atoms with van der Waals surface area (Å²) in [4.78, 5) is 2.44. The number of thiophene rings is 1. The minimum Gasteiger partial charge on any atom is -0.310 e. The Morgan fingerprint density at radius 3 is 1.67 bits per heavy atom. The molecule has 0 N–H and O–H groups in total. The molecule has 2 aromatic heterocycles. The molecule has 0 fully saturated rings. The van der Waals surface area contributed by atoms with Crippen molar-refractivity contribution >= 4 is 103 Å². The lowest BCUT2D eigenvalue weighted by Crippen LogP contribution is -2.10. The van der Waals surface area contributed by atoms with Crippen molar-refractivity contribution in [2.24, 2.45) is 0 Å². The Morgan fingerprint density at radius 1 is 0.333 bits per heavy atom. The summed E-state index contributed by atoms with van der Waals surface area (Å²) in [5.41, 5.74) is 11.7. The minimum atomic E-state index is 1.10. The van der Waals surface area contributed by atoms with E-state index in [1.54, 1.807) is 0 Å². The second kappa shape index (κ2) is 14.3. The van der Waals surface area contributed by atoms with Crippen molar-refractivity contribution in [3.8, 4) is 27.9 Å². The summed E-state index contributed by atoms with van der Waals surface area (Å²) in [5, 5.41) is 12.6. The number of benzene rings is 11. The SMILES string of the molecule is c1ccc(-n2c3ccccc3c3cc4ccccc4cc32)c(-c2ccc(N(c3ccc(-c4cccc5sc6ccccc6c45)cc3)c3cc4ccccc4c4ccccc34)cc2)c1. The second-order valence-electron chi connectivity index (χ2n) is 16.5. The van der Waals surface area contributed by atoms with Gasteiger partial charge in [0.15, 0.2) is 0 Å². The largest absolute Gasteiger partial charge is 0.310 e. The van der Waals surface area contributed by atoms with Gasteiger partial charge in [0.25, 0.3) is 0 Å². The van der Waals surface area contributed by atoms with Gasteiger partial charge in [-0.1, -0.05) is 164 Å². The third-order valence-electron chi connectivity index (χ3n) is 12.9. The number of para-hydroxylation sites is 2. The summed E-state index contributed by atoms with van der Waals surface area (Å²) in [6, 6.07) is 84.8. The Morgan fingerprint density at radius 2 is 0.889 bits per heavy atom. The molecule has 0 radical (unpaired) electrons. The van der Waals surface area contributed by atoms with Gasteiger partial charge in [-0.15, -0.1) is 11.3 Å². The van der Waals surface area contributed by atoms with E-state index in [1.807, 2.05) is 11.3 Å². The summed E-state index contributed by atoms with van der Waals surface area (Å²) >= 11 is 1.87. The van der Waals surface area contributed by atoms with E-state index in [-0.39, 0.29) is 0 Å². The standard InChI is InChI=1S/C60H38N2S/c1-2-15-42-37-57-53(36-41(42)14-1)51-21-8-11-25-55(51)62(57)54-24-10-7-18-47(54)39-28-32-44(33-29-39)61(56-38-43-16-3-4-17-46(43)49-19-5-6-20-50(49)56)45-34-30-40(31-35-45)48-23-13-27-59-60(48)52-22-9-12-26-58(52)63-59/h1-38H. The van der Waals surface area contributed by atoms with Crippen LogP contribution in [0.3, 0.4) is 0 Å². The van der Waals surface area contributed by atoms with Crippen LogP contribution in [0.25, 0.3) is 102 Å². The van der Waals surface area contributed by atoms with Crippen molar-refractivity contribution in [2.45, 2.75) is 0 Å². The van der Waals surface area contributed by atoms with E-state index < -0.39 is 0 Å². The molecule has 2 heterocycles. The first-order valence-electron chi connectivity index (χ1n) is 21.6. The Bertz CT molecular complexity index is 3910. The monoisotopic (exact) mass is 818 g/mol. The molecule has 0 atom stereocenters. The fourth-order valence-electron chi connectivity index (χ4n) is 10.1. The third kappa shape index (κ3) is 5.71. The van der Waals surface area contributed by atoms with Crippen LogP contribution in [0.5, 0.6) is 0 Å². The predicted molar refractivity (Wildman–Crippen MR) is 272 cm³/mol. The van der Waals surface area contributed by atoms with Gasteiger partial charge in [0.2, 0.25) is 0 Å². The van der Waals surface area contributed by atoms with Gasteiger partial charge in [0.1, 0.15) is 0 Å². The van der Waals surface area contributed by atoms with Crippen LogP contribution >= 0.6 is 11.3 Å². The molecule has 13 aromatic rings.